The number of hydrogen-bond donors (Lipinski definition) is 1. The van der Waals surface area contributed by atoms with Crippen LogP contribution in [0.3, 0.4) is 0 Å². The molecule has 1 N–H and O–H groups in total. The molecule has 1 atom stereocenters. The molecule has 2 aromatic carbocycles. The molecule has 0 aliphatic rings. The van der Waals surface area contributed by atoms with Crippen LogP contribution in [0.25, 0.3) is 0 Å². The van der Waals surface area contributed by atoms with Crippen LogP contribution in [-0.2, 0) is 6.42 Å². The van der Waals surface area contributed by atoms with E-state index in [1.165, 1.54) is 16.7 Å². The largest absolute Gasteiger partial charge is 0.497 e. The summed E-state index contributed by atoms with van der Waals surface area (Å²) in [4.78, 5) is 0. The Hall–Kier alpha value is -1.80. The second-order valence-electron chi connectivity index (χ2n) is 5.48. The number of nitrogens with one attached hydrogen (secondary N) is 1. The third-order valence-electron chi connectivity index (χ3n) is 3.66. The van der Waals surface area contributed by atoms with E-state index in [4.69, 9.17) is 4.74 Å². The maximum absolute atomic E-state index is 5.32. The predicted molar refractivity (Wildman–Crippen MR) is 88.9 cm³/mol. The lowest BCUT2D eigenvalue weighted by atomic mass is 9.97. The molecule has 0 fully saturated rings. The zero-order valence-corrected chi connectivity index (χ0v) is 13.2. The summed E-state index contributed by atoms with van der Waals surface area (Å²) in [5.74, 6) is 0.922. The zero-order chi connectivity index (χ0) is 15.1. The second-order valence-corrected chi connectivity index (χ2v) is 5.48. The van der Waals surface area contributed by atoms with Gasteiger partial charge < -0.3 is 10.1 Å². The Bertz CT molecular complexity index is 565. The highest BCUT2D eigenvalue weighted by Crippen LogP contribution is 2.22. The van der Waals surface area contributed by atoms with Crippen molar-refractivity contribution in [3.8, 4) is 5.75 Å². The molecule has 0 aromatic heterocycles. The second kappa shape index (κ2) is 7.84. The van der Waals surface area contributed by atoms with E-state index in [9.17, 15) is 0 Å². The minimum Gasteiger partial charge on any atom is -0.497 e. The zero-order valence-electron chi connectivity index (χ0n) is 13.2. The highest BCUT2D eigenvalue weighted by molar-refractivity contribution is 5.31. The first kappa shape index (κ1) is 15.6. The van der Waals surface area contributed by atoms with Gasteiger partial charge in [-0.3, -0.25) is 0 Å². The topological polar surface area (TPSA) is 21.3 Å². The molecule has 0 heterocycles. The first-order valence-corrected chi connectivity index (χ1v) is 7.65. The summed E-state index contributed by atoms with van der Waals surface area (Å²) < 4.78 is 5.32. The summed E-state index contributed by atoms with van der Waals surface area (Å²) in [5.41, 5.74) is 3.96. The number of methoxy groups -OCH3 is 1. The van der Waals surface area contributed by atoms with Crippen LogP contribution in [0.15, 0.2) is 48.5 Å². The molecule has 2 nitrogen and oxygen atoms in total. The third kappa shape index (κ3) is 4.61. The molecule has 2 heteroatoms. The summed E-state index contributed by atoms with van der Waals surface area (Å²) in [6, 6.07) is 17.4. The molecular formula is C19H25NO. The Morgan fingerprint density at radius 1 is 1.10 bits per heavy atom. The van der Waals surface area contributed by atoms with Crippen molar-refractivity contribution in [1.82, 2.24) is 5.32 Å². The van der Waals surface area contributed by atoms with Crippen molar-refractivity contribution in [3.05, 3.63) is 65.2 Å². The van der Waals surface area contributed by atoms with E-state index in [0.717, 1.165) is 25.1 Å². The smallest absolute Gasteiger partial charge is 0.119 e. The summed E-state index contributed by atoms with van der Waals surface area (Å²) in [5, 5.41) is 3.66. The molecule has 0 amide bonds. The van der Waals surface area contributed by atoms with E-state index in [-0.39, 0.29) is 0 Å². The van der Waals surface area contributed by atoms with Crippen molar-refractivity contribution < 1.29 is 4.74 Å². The van der Waals surface area contributed by atoms with E-state index in [0.29, 0.717) is 6.04 Å². The maximum atomic E-state index is 5.32. The van der Waals surface area contributed by atoms with Gasteiger partial charge in [0.2, 0.25) is 0 Å². The summed E-state index contributed by atoms with van der Waals surface area (Å²) in [6.45, 7) is 5.38. The Morgan fingerprint density at radius 2 is 1.90 bits per heavy atom. The first-order valence-electron chi connectivity index (χ1n) is 7.65. The fourth-order valence-corrected chi connectivity index (χ4v) is 2.55. The highest BCUT2D eigenvalue weighted by Gasteiger charge is 2.12. The molecule has 1 unspecified atom stereocenters. The van der Waals surface area contributed by atoms with E-state index in [2.05, 4.69) is 61.6 Å². The van der Waals surface area contributed by atoms with Gasteiger partial charge in [0.25, 0.3) is 0 Å². The van der Waals surface area contributed by atoms with E-state index < -0.39 is 0 Å². The van der Waals surface area contributed by atoms with E-state index >= 15 is 0 Å². The fourth-order valence-electron chi connectivity index (χ4n) is 2.55. The third-order valence-corrected chi connectivity index (χ3v) is 3.66. The normalized spacial score (nSPS) is 12.1. The molecule has 0 saturated heterocycles. The van der Waals surface area contributed by atoms with Gasteiger partial charge in [-0.1, -0.05) is 48.9 Å². The van der Waals surface area contributed by atoms with Crippen molar-refractivity contribution in [3.63, 3.8) is 0 Å². The van der Waals surface area contributed by atoms with Crippen LogP contribution in [-0.4, -0.2) is 13.7 Å². The number of hydrogen-bond acceptors (Lipinski definition) is 2. The SMILES string of the molecule is CCCNC(Cc1cccc(OC)c1)c1cccc(C)c1. The summed E-state index contributed by atoms with van der Waals surface area (Å²) in [7, 11) is 1.71. The van der Waals surface area contributed by atoms with Crippen molar-refractivity contribution >= 4 is 0 Å². The van der Waals surface area contributed by atoms with Crippen molar-refractivity contribution in [2.75, 3.05) is 13.7 Å². The van der Waals surface area contributed by atoms with Crippen LogP contribution >= 0.6 is 0 Å². The van der Waals surface area contributed by atoms with Crippen LogP contribution in [0.1, 0.15) is 36.1 Å². The van der Waals surface area contributed by atoms with Crippen molar-refractivity contribution in [2.24, 2.45) is 0 Å². The number of aryl methyl sites for hydroxylation is 1. The lowest BCUT2D eigenvalue weighted by Crippen LogP contribution is -2.24. The van der Waals surface area contributed by atoms with Crippen LogP contribution in [0.2, 0.25) is 0 Å². The van der Waals surface area contributed by atoms with Crippen molar-refractivity contribution in [1.29, 1.82) is 0 Å². The van der Waals surface area contributed by atoms with Crippen LogP contribution in [0.4, 0.5) is 0 Å². The summed E-state index contributed by atoms with van der Waals surface area (Å²) in [6.07, 6.45) is 2.11. The summed E-state index contributed by atoms with van der Waals surface area (Å²) >= 11 is 0. The van der Waals surface area contributed by atoms with Crippen LogP contribution < -0.4 is 10.1 Å². The van der Waals surface area contributed by atoms with Gasteiger partial charge in [-0.05, 0) is 49.6 Å². The van der Waals surface area contributed by atoms with E-state index in [1.54, 1.807) is 7.11 Å². The Kier molecular flexibility index (Phi) is 5.82. The highest BCUT2D eigenvalue weighted by atomic mass is 16.5. The molecule has 0 saturated carbocycles. The van der Waals surface area contributed by atoms with E-state index in [1.807, 2.05) is 6.07 Å². The van der Waals surface area contributed by atoms with Gasteiger partial charge in [0.1, 0.15) is 5.75 Å². The molecule has 0 aliphatic carbocycles. The maximum Gasteiger partial charge on any atom is 0.119 e. The lowest BCUT2D eigenvalue weighted by molar-refractivity contribution is 0.413. The number of benzene rings is 2. The standard InChI is InChI=1S/C19H25NO/c1-4-11-20-19(17-9-5-7-15(2)12-17)14-16-8-6-10-18(13-16)21-3/h5-10,12-13,19-20H,4,11,14H2,1-3H3. The number of rotatable bonds is 7. The van der Waals surface area contributed by atoms with Gasteiger partial charge in [0.15, 0.2) is 0 Å². The van der Waals surface area contributed by atoms with Gasteiger partial charge in [0.05, 0.1) is 7.11 Å². The molecule has 0 spiro atoms. The van der Waals surface area contributed by atoms with Crippen LogP contribution in [0.5, 0.6) is 5.75 Å². The average Bonchev–Trinajstić information content (AvgIpc) is 2.51. The van der Waals surface area contributed by atoms with Gasteiger partial charge in [-0.2, -0.15) is 0 Å². The van der Waals surface area contributed by atoms with Gasteiger partial charge in [0, 0.05) is 6.04 Å². The Labute approximate surface area is 128 Å². The fraction of sp³-hybridized carbons (Fsp3) is 0.368. The minimum atomic E-state index is 0.344. The molecule has 2 aromatic rings. The Morgan fingerprint density at radius 3 is 2.62 bits per heavy atom. The minimum absolute atomic E-state index is 0.344. The molecule has 2 rings (SSSR count). The quantitative estimate of drug-likeness (QED) is 0.818. The van der Waals surface area contributed by atoms with Crippen LogP contribution in [0, 0.1) is 6.92 Å². The average molecular weight is 283 g/mol. The van der Waals surface area contributed by atoms with Gasteiger partial charge >= 0.3 is 0 Å². The number of ether oxygens (including phenoxy) is 1. The first-order chi connectivity index (χ1) is 10.2. The van der Waals surface area contributed by atoms with Crippen molar-refractivity contribution in [2.45, 2.75) is 32.7 Å². The molecular weight excluding hydrogens is 258 g/mol. The molecule has 0 aliphatic heterocycles. The monoisotopic (exact) mass is 283 g/mol. The Balaban J connectivity index is 2.19. The lowest BCUT2D eigenvalue weighted by Gasteiger charge is -2.20. The van der Waals surface area contributed by atoms with Gasteiger partial charge in [-0.25, -0.2) is 0 Å². The predicted octanol–water partition coefficient (Wildman–Crippen LogP) is 4.29. The molecule has 0 radical (unpaired) electrons. The molecule has 21 heavy (non-hydrogen) atoms. The molecule has 112 valence electrons. The molecule has 0 bridgehead atoms. The van der Waals surface area contributed by atoms with Gasteiger partial charge in [-0.15, -0.1) is 0 Å².